The number of likely N-dealkylation sites (N-methyl/N-ethyl adjacent to an activating group) is 1. The highest BCUT2D eigenvalue weighted by molar-refractivity contribution is 6.34. The summed E-state index contributed by atoms with van der Waals surface area (Å²) in [5.41, 5.74) is -0.600. The molecule has 2 unspecified atom stereocenters. The number of halogens is 1. The predicted molar refractivity (Wildman–Crippen MR) is 147 cm³/mol. The molecule has 3 fully saturated rings. The number of carbonyl (C=O) groups is 3. The third-order valence-electron chi connectivity index (χ3n) is 8.40. The molecule has 1 spiro atoms. The van der Waals surface area contributed by atoms with Gasteiger partial charge in [-0.15, -0.1) is 13.2 Å². The summed E-state index contributed by atoms with van der Waals surface area (Å²) < 4.78 is 6.71. The summed E-state index contributed by atoms with van der Waals surface area (Å²) >= 11 is 6.59. The first-order valence-electron chi connectivity index (χ1n) is 13.2. The van der Waals surface area contributed by atoms with E-state index in [1.54, 1.807) is 40.0 Å². The lowest BCUT2D eigenvalue weighted by Crippen LogP contribution is -2.56. The van der Waals surface area contributed by atoms with Crippen molar-refractivity contribution in [2.75, 3.05) is 38.2 Å². The Morgan fingerprint density at radius 3 is 2.55 bits per heavy atom. The maximum atomic E-state index is 14.6. The number of para-hydroxylation sites is 1. The second-order valence-electron chi connectivity index (χ2n) is 10.8. The first-order valence-corrected chi connectivity index (χ1v) is 13.6. The highest BCUT2D eigenvalue weighted by Crippen LogP contribution is 2.63. The van der Waals surface area contributed by atoms with E-state index in [9.17, 15) is 19.5 Å². The lowest BCUT2D eigenvalue weighted by atomic mass is 9.66. The summed E-state index contributed by atoms with van der Waals surface area (Å²) in [6, 6.07) is 4.51. The molecular formula is C29H38ClN3O5. The van der Waals surface area contributed by atoms with Crippen LogP contribution in [0.25, 0.3) is 0 Å². The van der Waals surface area contributed by atoms with Crippen LogP contribution in [-0.2, 0) is 19.1 Å². The van der Waals surface area contributed by atoms with Gasteiger partial charge in [0.1, 0.15) is 11.6 Å². The number of nitrogens with zero attached hydrogens (tertiary/aromatic N) is 3. The minimum Gasteiger partial charge on any atom is -0.396 e. The SMILES string of the molecule is C=CCN(C)C(=O)[C@H]1[C@H]2C(=O)N(CCCCO)C(C(=O)N(CC=C)c3c(C)cccc3Cl)C23CC[C@]1(C)O3. The number of hydrogen-bond acceptors (Lipinski definition) is 5. The summed E-state index contributed by atoms with van der Waals surface area (Å²) in [5.74, 6) is -2.22. The molecule has 3 amide bonds. The van der Waals surface area contributed by atoms with E-state index in [1.165, 1.54) is 0 Å². The molecule has 0 aromatic heterocycles. The molecule has 0 saturated carbocycles. The average molecular weight is 544 g/mol. The Morgan fingerprint density at radius 2 is 1.92 bits per heavy atom. The van der Waals surface area contributed by atoms with Gasteiger partial charge in [0.25, 0.3) is 5.91 Å². The molecule has 3 saturated heterocycles. The van der Waals surface area contributed by atoms with Gasteiger partial charge in [0.2, 0.25) is 11.8 Å². The third-order valence-corrected chi connectivity index (χ3v) is 8.70. The van der Waals surface area contributed by atoms with Gasteiger partial charge >= 0.3 is 0 Å². The van der Waals surface area contributed by atoms with Crippen molar-refractivity contribution in [1.82, 2.24) is 9.80 Å². The lowest BCUT2D eigenvalue weighted by molar-refractivity contribution is -0.149. The molecule has 1 aromatic rings. The summed E-state index contributed by atoms with van der Waals surface area (Å²) in [7, 11) is 1.69. The van der Waals surface area contributed by atoms with Crippen molar-refractivity contribution in [2.24, 2.45) is 11.8 Å². The van der Waals surface area contributed by atoms with Crippen LogP contribution in [0.15, 0.2) is 43.5 Å². The van der Waals surface area contributed by atoms with Crippen molar-refractivity contribution in [3.63, 3.8) is 0 Å². The van der Waals surface area contributed by atoms with Crippen molar-refractivity contribution in [3.05, 3.63) is 54.1 Å². The van der Waals surface area contributed by atoms with Crippen molar-refractivity contribution >= 4 is 35.0 Å². The summed E-state index contributed by atoms with van der Waals surface area (Å²) in [5, 5.41) is 9.81. The van der Waals surface area contributed by atoms with E-state index in [2.05, 4.69) is 13.2 Å². The molecule has 1 N–H and O–H groups in total. The van der Waals surface area contributed by atoms with Gasteiger partial charge in [0.15, 0.2) is 0 Å². The number of ether oxygens (including phenoxy) is 1. The number of hydrogen-bond donors (Lipinski definition) is 1. The minimum absolute atomic E-state index is 0.0152. The number of likely N-dealkylation sites (tertiary alicyclic amines) is 1. The average Bonchev–Trinajstić information content (AvgIpc) is 3.43. The maximum Gasteiger partial charge on any atom is 0.253 e. The first-order chi connectivity index (χ1) is 18.1. The molecule has 1 aromatic carbocycles. The van der Waals surface area contributed by atoms with Crippen LogP contribution in [0.3, 0.4) is 0 Å². The normalized spacial score (nSPS) is 29.3. The van der Waals surface area contributed by atoms with Crippen molar-refractivity contribution in [1.29, 1.82) is 0 Å². The van der Waals surface area contributed by atoms with Crippen LogP contribution in [0.2, 0.25) is 5.02 Å². The molecule has 38 heavy (non-hydrogen) atoms. The van der Waals surface area contributed by atoms with Gasteiger partial charge in [-0.2, -0.15) is 0 Å². The fourth-order valence-corrected chi connectivity index (χ4v) is 7.09. The Balaban J connectivity index is 1.82. The Morgan fingerprint density at radius 1 is 1.21 bits per heavy atom. The zero-order valence-corrected chi connectivity index (χ0v) is 23.2. The third kappa shape index (κ3) is 4.36. The molecule has 206 valence electrons. The molecule has 8 nitrogen and oxygen atoms in total. The van der Waals surface area contributed by atoms with Crippen LogP contribution in [0, 0.1) is 18.8 Å². The number of unbranched alkanes of at least 4 members (excludes halogenated alkanes) is 1. The van der Waals surface area contributed by atoms with Gasteiger partial charge in [0.05, 0.1) is 28.1 Å². The molecule has 3 heterocycles. The highest BCUT2D eigenvalue weighted by atomic mass is 35.5. The van der Waals surface area contributed by atoms with E-state index in [0.717, 1.165) is 5.56 Å². The van der Waals surface area contributed by atoms with Crippen LogP contribution >= 0.6 is 11.6 Å². The number of benzene rings is 1. The van der Waals surface area contributed by atoms with E-state index in [1.807, 2.05) is 26.0 Å². The van der Waals surface area contributed by atoms with E-state index in [-0.39, 0.29) is 37.4 Å². The largest absolute Gasteiger partial charge is 0.396 e. The lowest BCUT2D eigenvalue weighted by Gasteiger charge is -2.37. The van der Waals surface area contributed by atoms with Gasteiger partial charge < -0.3 is 24.5 Å². The highest BCUT2D eigenvalue weighted by Gasteiger charge is 2.78. The minimum atomic E-state index is -1.13. The zero-order valence-electron chi connectivity index (χ0n) is 22.5. The topological polar surface area (TPSA) is 90.4 Å². The van der Waals surface area contributed by atoms with Gasteiger partial charge in [0, 0.05) is 33.3 Å². The van der Waals surface area contributed by atoms with Crippen molar-refractivity contribution in [2.45, 2.75) is 56.8 Å². The summed E-state index contributed by atoms with van der Waals surface area (Å²) in [6.07, 6.45) is 5.35. The molecule has 0 radical (unpaired) electrons. The quantitative estimate of drug-likeness (QED) is 0.341. The maximum absolute atomic E-state index is 14.6. The molecular weight excluding hydrogens is 506 g/mol. The summed E-state index contributed by atoms with van der Waals surface area (Å²) in [6.45, 7) is 12.2. The number of anilines is 1. The fourth-order valence-electron chi connectivity index (χ4n) is 6.77. The Hall–Kier alpha value is -2.68. The van der Waals surface area contributed by atoms with Crippen molar-refractivity contribution < 1.29 is 24.2 Å². The van der Waals surface area contributed by atoms with Gasteiger partial charge in [-0.1, -0.05) is 35.9 Å². The number of aliphatic hydroxyl groups is 1. The van der Waals surface area contributed by atoms with Crippen molar-refractivity contribution in [3.8, 4) is 0 Å². The molecule has 3 aliphatic rings. The summed E-state index contributed by atoms with van der Waals surface area (Å²) in [4.78, 5) is 47.1. The molecule has 5 atom stereocenters. The van der Waals surface area contributed by atoms with Crippen LogP contribution < -0.4 is 4.90 Å². The number of carbonyl (C=O) groups excluding carboxylic acids is 3. The predicted octanol–water partition coefficient (Wildman–Crippen LogP) is 3.35. The van der Waals surface area contributed by atoms with Gasteiger partial charge in [-0.05, 0) is 51.2 Å². The van der Waals surface area contributed by atoms with Crippen LogP contribution in [-0.4, -0.2) is 83.2 Å². The van der Waals surface area contributed by atoms with E-state index < -0.39 is 29.1 Å². The number of fused-ring (bicyclic) bond motifs is 1. The van der Waals surface area contributed by atoms with Gasteiger partial charge in [-0.3, -0.25) is 14.4 Å². The van der Waals surface area contributed by atoms with E-state index in [4.69, 9.17) is 16.3 Å². The molecule has 9 heteroatoms. The smallest absolute Gasteiger partial charge is 0.253 e. The Bertz CT molecular complexity index is 1120. The Labute approximate surface area is 229 Å². The molecule has 3 aliphatic heterocycles. The molecule has 0 aliphatic carbocycles. The first kappa shape index (κ1) is 28.3. The number of aliphatic hydroxyl groups excluding tert-OH is 1. The second-order valence-corrected chi connectivity index (χ2v) is 11.2. The standard InChI is InChI=1S/C29H38ClN3O5/c1-6-15-31(5)25(35)21-22-26(36)33(17-8-9-18-34)24(29(22)14-13-28(21,4)38-29)27(37)32(16-7-2)23-19(3)11-10-12-20(23)30/h6-7,10-12,21-22,24,34H,1-2,8-9,13-18H2,3-5H3/t21-,22+,24?,28+,29?/m1/s1. The molecule has 4 rings (SSSR count). The molecule has 2 bridgehead atoms. The van der Waals surface area contributed by atoms with E-state index in [0.29, 0.717) is 42.9 Å². The van der Waals surface area contributed by atoms with Gasteiger partial charge in [-0.25, -0.2) is 0 Å². The second kappa shape index (κ2) is 10.8. The fraction of sp³-hybridized carbons (Fsp3) is 0.552. The Kier molecular flexibility index (Phi) is 8.07. The van der Waals surface area contributed by atoms with Crippen LogP contribution in [0.1, 0.15) is 38.2 Å². The number of aryl methyl sites for hydroxylation is 1. The van der Waals surface area contributed by atoms with Crippen LogP contribution in [0.4, 0.5) is 5.69 Å². The monoisotopic (exact) mass is 543 g/mol. The van der Waals surface area contributed by atoms with E-state index >= 15 is 0 Å². The van der Waals surface area contributed by atoms with Crippen LogP contribution in [0.5, 0.6) is 0 Å². The zero-order chi connectivity index (χ0) is 27.8. The number of rotatable bonds is 11. The number of amides is 3.